The van der Waals surface area contributed by atoms with E-state index in [0.717, 1.165) is 16.3 Å². The smallest absolute Gasteiger partial charge is 0.407 e. The summed E-state index contributed by atoms with van der Waals surface area (Å²) in [7, 11) is 0. The van der Waals surface area contributed by atoms with E-state index < -0.39 is 29.8 Å². The lowest BCUT2D eigenvalue weighted by Gasteiger charge is -2.26. The summed E-state index contributed by atoms with van der Waals surface area (Å²) in [6.07, 6.45) is -2.17. The molecule has 0 saturated carbocycles. The van der Waals surface area contributed by atoms with E-state index in [1.807, 2.05) is 66.7 Å². The summed E-state index contributed by atoms with van der Waals surface area (Å²) in [6, 6.07) is 21.6. The van der Waals surface area contributed by atoms with Gasteiger partial charge < -0.3 is 24.6 Å². The standard InChI is InChI=1S/C27H31NO6/c1-27(2,3)34-25(30)16-22(28-26(31)33-17-19-10-5-4-6-11-19)23(29)18-32-24-15-9-13-20-12-7-8-14-21(20)24/h4-15,22-23,29H,16-18H2,1-3H3,(H,28,31)/t22-,23?/m0/s1. The number of fused-ring (bicyclic) bond motifs is 1. The van der Waals surface area contributed by atoms with E-state index in [1.165, 1.54) is 0 Å². The first-order valence-electron chi connectivity index (χ1n) is 11.2. The largest absolute Gasteiger partial charge is 0.490 e. The Morgan fingerprint density at radius 2 is 1.62 bits per heavy atom. The van der Waals surface area contributed by atoms with Crippen LogP contribution in [0.15, 0.2) is 72.8 Å². The number of nitrogens with one attached hydrogen (secondary N) is 1. The number of hydrogen-bond acceptors (Lipinski definition) is 6. The fourth-order valence-corrected chi connectivity index (χ4v) is 3.38. The maximum absolute atomic E-state index is 12.4. The van der Waals surface area contributed by atoms with Crippen molar-refractivity contribution in [2.24, 2.45) is 0 Å². The van der Waals surface area contributed by atoms with Crippen molar-refractivity contribution >= 4 is 22.8 Å². The Morgan fingerprint density at radius 1 is 0.941 bits per heavy atom. The quantitative estimate of drug-likeness (QED) is 0.449. The Morgan fingerprint density at radius 3 is 2.35 bits per heavy atom. The lowest BCUT2D eigenvalue weighted by atomic mass is 10.1. The zero-order valence-corrected chi connectivity index (χ0v) is 19.7. The minimum Gasteiger partial charge on any atom is -0.490 e. The summed E-state index contributed by atoms with van der Waals surface area (Å²) in [6.45, 7) is 5.18. The van der Waals surface area contributed by atoms with Crippen molar-refractivity contribution in [1.82, 2.24) is 5.32 Å². The van der Waals surface area contributed by atoms with Gasteiger partial charge in [0.2, 0.25) is 0 Å². The van der Waals surface area contributed by atoms with Crippen molar-refractivity contribution < 1.29 is 28.9 Å². The van der Waals surface area contributed by atoms with Crippen molar-refractivity contribution in [3.8, 4) is 5.75 Å². The van der Waals surface area contributed by atoms with Crippen LogP contribution >= 0.6 is 0 Å². The second-order valence-corrected chi connectivity index (χ2v) is 8.96. The molecular weight excluding hydrogens is 434 g/mol. The molecule has 7 heteroatoms. The Hall–Kier alpha value is -3.58. The highest BCUT2D eigenvalue weighted by molar-refractivity contribution is 5.88. The van der Waals surface area contributed by atoms with Gasteiger partial charge >= 0.3 is 12.1 Å². The highest BCUT2D eigenvalue weighted by atomic mass is 16.6. The minimum atomic E-state index is -1.18. The van der Waals surface area contributed by atoms with Gasteiger partial charge in [0.05, 0.1) is 12.5 Å². The SMILES string of the molecule is CC(C)(C)OC(=O)C[C@H](NC(=O)OCc1ccccc1)C(O)COc1cccc2ccccc12. The molecule has 0 aromatic heterocycles. The van der Waals surface area contributed by atoms with E-state index in [-0.39, 0.29) is 19.6 Å². The van der Waals surface area contributed by atoms with Crippen LogP contribution in [-0.4, -0.2) is 41.5 Å². The Bertz CT molecular complexity index is 1090. The van der Waals surface area contributed by atoms with Gasteiger partial charge in [-0.15, -0.1) is 0 Å². The van der Waals surface area contributed by atoms with Crippen LogP contribution < -0.4 is 10.1 Å². The summed E-state index contributed by atoms with van der Waals surface area (Å²) >= 11 is 0. The third-order valence-corrected chi connectivity index (χ3v) is 4.95. The van der Waals surface area contributed by atoms with Crippen LogP contribution in [0, 0.1) is 0 Å². The summed E-state index contributed by atoms with van der Waals surface area (Å²) < 4.78 is 16.5. The molecule has 34 heavy (non-hydrogen) atoms. The molecule has 3 rings (SSSR count). The molecule has 1 amide bonds. The highest BCUT2D eigenvalue weighted by Crippen LogP contribution is 2.25. The molecule has 180 valence electrons. The topological polar surface area (TPSA) is 94.1 Å². The van der Waals surface area contributed by atoms with Crippen LogP contribution in [0.1, 0.15) is 32.8 Å². The first kappa shape index (κ1) is 25.1. The average Bonchev–Trinajstić information content (AvgIpc) is 2.80. The van der Waals surface area contributed by atoms with Crippen LogP contribution in [-0.2, 0) is 20.9 Å². The van der Waals surface area contributed by atoms with Crippen LogP contribution in [0.5, 0.6) is 5.75 Å². The molecule has 0 heterocycles. The number of benzene rings is 3. The summed E-state index contributed by atoms with van der Waals surface area (Å²) in [5.74, 6) is 0.0462. The third kappa shape index (κ3) is 7.78. The molecule has 3 aromatic carbocycles. The third-order valence-electron chi connectivity index (χ3n) is 4.95. The van der Waals surface area contributed by atoms with E-state index in [2.05, 4.69) is 5.32 Å². The highest BCUT2D eigenvalue weighted by Gasteiger charge is 2.28. The van der Waals surface area contributed by atoms with Gasteiger partial charge in [-0.1, -0.05) is 66.7 Å². The molecule has 0 bridgehead atoms. The second kappa shape index (κ2) is 11.5. The van der Waals surface area contributed by atoms with E-state index in [4.69, 9.17) is 14.2 Å². The number of aliphatic hydroxyl groups is 1. The Kier molecular flexibility index (Phi) is 8.49. The number of alkyl carbamates (subject to hydrolysis) is 1. The molecule has 0 aliphatic rings. The van der Waals surface area contributed by atoms with E-state index in [9.17, 15) is 14.7 Å². The van der Waals surface area contributed by atoms with Crippen LogP contribution in [0.4, 0.5) is 4.79 Å². The first-order valence-corrected chi connectivity index (χ1v) is 11.2. The fraction of sp³-hybridized carbons (Fsp3) is 0.333. The van der Waals surface area contributed by atoms with E-state index in [1.54, 1.807) is 26.8 Å². The van der Waals surface area contributed by atoms with Crippen molar-refractivity contribution in [1.29, 1.82) is 0 Å². The van der Waals surface area contributed by atoms with Crippen molar-refractivity contribution in [2.75, 3.05) is 6.61 Å². The van der Waals surface area contributed by atoms with Gasteiger partial charge in [-0.3, -0.25) is 4.79 Å². The normalized spacial score (nSPS) is 13.1. The molecule has 7 nitrogen and oxygen atoms in total. The number of carbonyl (C=O) groups is 2. The maximum atomic E-state index is 12.4. The average molecular weight is 466 g/mol. The Labute approximate surface area is 199 Å². The van der Waals surface area contributed by atoms with Crippen molar-refractivity contribution in [3.63, 3.8) is 0 Å². The molecule has 3 aromatic rings. The van der Waals surface area contributed by atoms with E-state index >= 15 is 0 Å². The molecule has 0 saturated heterocycles. The number of aliphatic hydroxyl groups excluding tert-OH is 1. The van der Waals surface area contributed by atoms with Crippen molar-refractivity contribution in [2.45, 2.75) is 51.5 Å². The number of hydrogen-bond donors (Lipinski definition) is 2. The molecule has 0 fully saturated rings. The fourth-order valence-electron chi connectivity index (χ4n) is 3.38. The van der Waals surface area contributed by atoms with Gasteiger partial charge in [-0.05, 0) is 37.8 Å². The number of ether oxygens (including phenoxy) is 3. The number of amides is 1. The monoisotopic (exact) mass is 465 g/mol. The van der Waals surface area contributed by atoms with Gasteiger partial charge in [-0.25, -0.2) is 4.79 Å². The van der Waals surface area contributed by atoms with Gasteiger partial charge in [0.25, 0.3) is 0 Å². The predicted molar refractivity (Wildman–Crippen MR) is 129 cm³/mol. The molecule has 2 atom stereocenters. The molecular formula is C27H31NO6. The van der Waals surface area contributed by atoms with Crippen molar-refractivity contribution in [3.05, 3.63) is 78.4 Å². The molecule has 0 radical (unpaired) electrons. The van der Waals surface area contributed by atoms with Gasteiger partial charge in [-0.2, -0.15) is 0 Å². The molecule has 2 N–H and O–H groups in total. The second-order valence-electron chi connectivity index (χ2n) is 8.96. The molecule has 0 aliphatic carbocycles. The number of rotatable bonds is 9. The van der Waals surface area contributed by atoms with Crippen LogP contribution in [0.25, 0.3) is 10.8 Å². The van der Waals surface area contributed by atoms with Crippen LogP contribution in [0.3, 0.4) is 0 Å². The van der Waals surface area contributed by atoms with E-state index in [0.29, 0.717) is 5.75 Å². The van der Waals surface area contributed by atoms with Crippen LogP contribution in [0.2, 0.25) is 0 Å². The predicted octanol–water partition coefficient (Wildman–Crippen LogP) is 4.61. The minimum absolute atomic E-state index is 0.0639. The molecule has 1 unspecified atom stereocenters. The maximum Gasteiger partial charge on any atom is 0.407 e. The molecule has 0 spiro atoms. The zero-order valence-electron chi connectivity index (χ0n) is 19.7. The summed E-state index contributed by atoms with van der Waals surface area (Å²) in [5, 5.41) is 15.3. The summed E-state index contributed by atoms with van der Waals surface area (Å²) in [4.78, 5) is 24.8. The first-order chi connectivity index (χ1) is 16.2. The molecule has 0 aliphatic heterocycles. The van der Waals surface area contributed by atoms with Gasteiger partial charge in [0, 0.05) is 5.39 Å². The summed E-state index contributed by atoms with van der Waals surface area (Å²) in [5.41, 5.74) is 0.126. The number of esters is 1. The lowest BCUT2D eigenvalue weighted by Crippen LogP contribution is -2.47. The number of carbonyl (C=O) groups excluding carboxylic acids is 2. The Balaban J connectivity index is 1.65. The van der Waals surface area contributed by atoms with Gasteiger partial charge in [0.1, 0.15) is 30.7 Å². The lowest BCUT2D eigenvalue weighted by molar-refractivity contribution is -0.156. The van der Waals surface area contributed by atoms with Gasteiger partial charge in [0.15, 0.2) is 0 Å². The zero-order chi connectivity index (χ0) is 24.6.